The van der Waals surface area contributed by atoms with E-state index in [-0.39, 0.29) is 18.4 Å². The van der Waals surface area contributed by atoms with E-state index in [1.807, 2.05) is 49.4 Å². The maximum atomic E-state index is 12.6. The Morgan fingerprint density at radius 2 is 1.76 bits per heavy atom. The second-order valence-electron chi connectivity index (χ2n) is 8.55. The monoisotopic (exact) mass is 500 g/mol. The summed E-state index contributed by atoms with van der Waals surface area (Å²) in [5.41, 5.74) is 1.35. The average Bonchev–Trinajstić information content (AvgIpc) is 3.48. The number of pyridine rings is 1. The second kappa shape index (κ2) is 11.0. The first kappa shape index (κ1) is 24.2. The number of rotatable bonds is 8. The molecule has 1 aliphatic rings. The number of nitrogens with zero attached hydrogens (tertiary/aromatic N) is 3. The largest absolute Gasteiger partial charge is 0.494 e. The molecule has 2 amide bonds. The molecule has 4 aromatic rings. The highest BCUT2D eigenvalue weighted by atomic mass is 16.5. The summed E-state index contributed by atoms with van der Waals surface area (Å²) in [4.78, 5) is 33.8. The highest BCUT2D eigenvalue weighted by molar-refractivity contribution is 5.93. The van der Waals surface area contributed by atoms with Crippen LogP contribution in [0.4, 0.5) is 11.5 Å². The summed E-state index contributed by atoms with van der Waals surface area (Å²) >= 11 is 0. The van der Waals surface area contributed by atoms with Gasteiger partial charge in [-0.05, 0) is 61.5 Å². The normalized spacial score (nSPS) is 13.4. The van der Waals surface area contributed by atoms with Crippen LogP contribution in [0.2, 0.25) is 0 Å². The summed E-state index contributed by atoms with van der Waals surface area (Å²) in [5.74, 6) is 2.07. The lowest BCUT2D eigenvalue weighted by atomic mass is 10.2. The molecule has 9 heteroatoms. The Bertz CT molecular complexity index is 1360. The van der Waals surface area contributed by atoms with Gasteiger partial charge < -0.3 is 29.0 Å². The van der Waals surface area contributed by atoms with Crippen LogP contribution in [0.1, 0.15) is 17.5 Å². The SMILES string of the molecule is CCOc1ccc(NC(=O)COc2cccc3ccc(N4CCN(C(=O)c5ccco5)CC4)nc23)cc1. The van der Waals surface area contributed by atoms with Crippen molar-refractivity contribution < 1.29 is 23.5 Å². The minimum atomic E-state index is -0.269. The molecule has 1 N–H and O–H groups in total. The molecule has 0 unspecified atom stereocenters. The van der Waals surface area contributed by atoms with Gasteiger partial charge in [0.25, 0.3) is 11.8 Å². The summed E-state index contributed by atoms with van der Waals surface area (Å²) in [7, 11) is 0. The van der Waals surface area contributed by atoms with Gasteiger partial charge in [-0.2, -0.15) is 0 Å². The summed E-state index contributed by atoms with van der Waals surface area (Å²) in [5, 5.41) is 3.75. The zero-order valence-electron chi connectivity index (χ0n) is 20.6. The fraction of sp³-hybridized carbons (Fsp3) is 0.250. The van der Waals surface area contributed by atoms with E-state index >= 15 is 0 Å². The van der Waals surface area contributed by atoms with Crippen LogP contribution in [0.25, 0.3) is 10.9 Å². The number of hydrogen-bond acceptors (Lipinski definition) is 7. The van der Waals surface area contributed by atoms with E-state index in [1.165, 1.54) is 6.26 Å². The zero-order valence-corrected chi connectivity index (χ0v) is 20.6. The lowest BCUT2D eigenvalue weighted by Crippen LogP contribution is -2.49. The third-order valence-electron chi connectivity index (χ3n) is 6.10. The van der Waals surface area contributed by atoms with Gasteiger partial charge in [0.05, 0.1) is 12.9 Å². The fourth-order valence-electron chi connectivity index (χ4n) is 4.24. The molecule has 0 radical (unpaired) electrons. The number of furan rings is 1. The number of carbonyl (C=O) groups is 2. The van der Waals surface area contributed by atoms with E-state index in [9.17, 15) is 9.59 Å². The molecule has 0 aliphatic carbocycles. The molecule has 2 aromatic carbocycles. The summed E-state index contributed by atoms with van der Waals surface area (Å²) in [6.45, 7) is 4.81. The van der Waals surface area contributed by atoms with Gasteiger partial charge in [-0.25, -0.2) is 4.98 Å². The van der Waals surface area contributed by atoms with Gasteiger partial charge in [-0.1, -0.05) is 12.1 Å². The number of aromatic nitrogens is 1. The van der Waals surface area contributed by atoms with Gasteiger partial charge in [0.2, 0.25) is 0 Å². The third kappa shape index (κ3) is 5.66. The molecule has 2 aromatic heterocycles. The van der Waals surface area contributed by atoms with Gasteiger partial charge in [-0.15, -0.1) is 0 Å². The maximum Gasteiger partial charge on any atom is 0.289 e. The van der Waals surface area contributed by atoms with Crippen molar-refractivity contribution in [3.8, 4) is 11.5 Å². The first-order chi connectivity index (χ1) is 18.1. The number of piperazine rings is 1. The number of fused-ring (bicyclic) bond motifs is 1. The van der Waals surface area contributed by atoms with Crippen molar-refractivity contribution >= 4 is 34.2 Å². The second-order valence-corrected chi connectivity index (χ2v) is 8.55. The first-order valence-electron chi connectivity index (χ1n) is 12.2. The lowest BCUT2D eigenvalue weighted by Gasteiger charge is -2.35. The Hall–Kier alpha value is -4.53. The van der Waals surface area contributed by atoms with Crippen LogP contribution < -0.4 is 19.7 Å². The summed E-state index contributed by atoms with van der Waals surface area (Å²) in [6, 6.07) is 20.2. The van der Waals surface area contributed by atoms with Crippen LogP contribution >= 0.6 is 0 Å². The third-order valence-corrected chi connectivity index (χ3v) is 6.10. The molecule has 190 valence electrons. The number of hydrogen-bond donors (Lipinski definition) is 1. The van der Waals surface area contributed by atoms with Crippen molar-refractivity contribution in [2.75, 3.05) is 49.6 Å². The minimum Gasteiger partial charge on any atom is -0.494 e. The highest BCUT2D eigenvalue weighted by Gasteiger charge is 2.24. The molecule has 0 spiro atoms. The summed E-state index contributed by atoms with van der Waals surface area (Å²) in [6.07, 6.45) is 1.51. The molecule has 3 heterocycles. The van der Waals surface area contributed by atoms with Crippen LogP contribution in [0, 0.1) is 0 Å². The van der Waals surface area contributed by atoms with E-state index < -0.39 is 0 Å². The fourth-order valence-corrected chi connectivity index (χ4v) is 4.24. The van der Waals surface area contributed by atoms with Gasteiger partial charge >= 0.3 is 0 Å². The number of ether oxygens (including phenoxy) is 2. The van der Waals surface area contributed by atoms with E-state index in [2.05, 4.69) is 10.2 Å². The van der Waals surface area contributed by atoms with Crippen LogP contribution in [0.15, 0.2) is 77.4 Å². The van der Waals surface area contributed by atoms with E-state index in [4.69, 9.17) is 18.9 Å². The number of carbonyl (C=O) groups excluding carboxylic acids is 2. The molecule has 1 saturated heterocycles. The molecule has 9 nitrogen and oxygen atoms in total. The Morgan fingerprint density at radius 3 is 2.49 bits per heavy atom. The number of para-hydroxylation sites is 1. The topological polar surface area (TPSA) is 97.1 Å². The summed E-state index contributed by atoms with van der Waals surface area (Å²) < 4.78 is 16.5. The smallest absolute Gasteiger partial charge is 0.289 e. The molecule has 0 bridgehead atoms. The van der Waals surface area contributed by atoms with Crippen molar-refractivity contribution in [2.45, 2.75) is 6.92 Å². The Labute approximate surface area is 214 Å². The van der Waals surface area contributed by atoms with Crippen molar-refractivity contribution in [1.82, 2.24) is 9.88 Å². The van der Waals surface area contributed by atoms with Gasteiger partial charge in [0.1, 0.15) is 22.8 Å². The molecule has 0 saturated carbocycles. The van der Waals surface area contributed by atoms with E-state index in [1.54, 1.807) is 29.2 Å². The molecule has 37 heavy (non-hydrogen) atoms. The van der Waals surface area contributed by atoms with Crippen LogP contribution in [-0.4, -0.2) is 61.1 Å². The number of anilines is 2. The quantitative estimate of drug-likeness (QED) is 0.387. The van der Waals surface area contributed by atoms with E-state index in [0.29, 0.717) is 55.5 Å². The van der Waals surface area contributed by atoms with Crippen LogP contribution in [-0.2, 0) is 4.79 Å². The number of amides is 2. The molecule has 0 atom stereocenters. The van der Waals surface area contributed by atoms with Crippen LogP contribution in [0.5, 0.6) is 11.5 Å². The molecular weight excluding hydrogens is 472 g/mol. The number of benzene rings is 2. The Kier molecular flexibility index (Phi) is 7.21. The molecular formula is C28H28N4O5. The van der Waals surface area contributed by atoms with Crippen molar-refractivity contribution in [1.29, 1.82) is 0 Å². The zero-order chi connectivity index (χ0) is 25.6. The standard InChI is InChI=1S/C28H28N4O5/c1-2-35-22-11-9-21(10-12-22)29-26(33)19-37-23-6-3-5-20-8-13-25(30-27(20)23)31-14-16-32(17-15-31)28(34)24-7-4-18-36-24/h3-13,18H,2,14-17,19H2,1H3,(H,29,33). The maximum absolute atomic E-state index is 12.6. The Balaban J connectivity index is 1.22. The first-order valence-corrected chi connectivity index (χ1v) is 12.2. The van der Waals surface area contributed by atoms with Crippen molar-refractivity contribution in [3.05, 3.63) is 78.8 Å². The van der Waals surface area contributed by atoms with Gasteiger partial charge in [0, 0.05) is 37.3 Å². The average molecular weight is 501 g/mol. The predicted molar refractivity (Wildman–Crippen MR) is 140 cm³/mol. The van der Waals surface area contributed by atoms with E-state index in [0.717, 1.165) is 17.0 Å². The molecule has 1 fully saturated rings. The predicted octanol–water partition coefficient (Wildman–Crippen LogP) is 4.21. The van der Waals surface area contributed by atoms with Gasteiger partial charge in [0.15, 0.2) is 12.4 Å². The highest BCUT2D eigenvalue weighted by Crippen LogP contribution is 2.27. The van der Waals surface area contributed by atoms with Crippen molar-refractivity contribution in [3.63, 3.8) is 0 Å². The number of nitrogens with one attached hydrogen (secondary N) is 1. The van der Waals surface area contributed by atoms with Crippen LogP contribution in [0.3, 0.4) is 0 Å². The van der Waals surface area contributed by atoms with Crippen molar-refractivity contribution in [2.24, 2.45) is 0 Å². The molecule has 5 rings (SSSR count). The Morgan fingerprint density at radius 1 is 0.946 bits per heavy atom. The van der Waals surface area contributed by atoms with Gasteiger partial charge in [-0.3, -0.25) is 9.59 Å². The minimum absolute atomic E-state index is 0.102. The lowest BCUT2D eigenvalue weighted by molar-refractivity contribution is -0.118. The molecule has 1 aliphatic heterocycles.